The van der Waals surface area contributed by atoms with Crippen LogP contribution in [0.2, 0.25) is 5.02 Å². The Hall–Kier alpha value is -2.66. The molecule has 1 saturated heterocycles. The minimum atomic E-state index is -0.242. The normalized spacial score (nSPS) is 21.4. The average molecular weight is 525 g/mol. The number of thioether (sulfide) groups is 1. The fourth-order valence-corrected chi connectivity index (χ4v) is 6.31. The van der Waals surface area contributed by atoms with Crippen LogP contribution in [0.1, 0.15) is 23.6 Å². The summed E-state index contributed by atoms with van der Waals surface area (Å²) >= 11 is 9.40. The maximum atomic E-state index is 13.6. The number of hydrazine groups is 1. The summed E-state index contributed by atoms with van der Waals surface area (Å²) in [5.41, 5.74) is 8.01. The van der Waals surface area contributed by atoms with Gasteiger partial charge in [-0.25, -0.2) is 10.9 Å². The Bertz CT molecular complexity index is 1330. The van der Waals surface area contributed by atoms with Crippen LogP contribution in [0, 0.1) is 0 Å². The van der Waals surface area contributed by atoms with Gasteiger partial charge in [0.2, 0.25) is 5.91 Å². The second kappa shape index (κ2) is 9.77. The van der Waals surface area contributed by atoms with Crippen molar-refractivity contribution in [3.05, 3.63) is 95.8 Å². The number of rotatable bonds is 5. The molecular weight excluding hydrogens is 504 g/mol. The zero-order valence-electron chi connectivity index (χ0n) is 18.3. The quantitative estimate of drug-likeness (QED) is 0.300. The number of benzene rings is 2. The molecule has 0 saturated carbocycles. The van der Waals surface area contributed by atoms with Crippen LogP contribution in [0.25, 0.3) is 0 Å². The molecule has 2 aromatic carbocycles. The van der Waals surface area contributed by atoms with Gasteiger partial charge in [-0.05, 0) is 54.6 Å². The highest BCUT2D eigenvalue weighted by atomic mass is 35.5. The third-order valence-electron chi connectivity index (χ3n) is 5.84. The second-order valence-corrected chi connectivity index (χ2v) is 10.7. The van der Waals surface area contributed by atoms with Gasteiger partial charge in [0.1, 0.15) is 23.1 Å². The lowest BCUT2D eigenvalue weighted by molar-refractivity contribution is -0.115. The molecule has 178 valence electrons. The molecule has 2 aliphatic rings. The number of fused-ring (bicyclic) bond motifs is 2. The second-order valence-electron chi connectivity index (χ2n) is 8.04. The van der Waals surface area contributed by atoms with Crippen LogP contribution in [0.15, 0.2) is 97.9 Å². The van der Waals surface area contributed by atoms with Gasteiger partial charge in [0.05, 0.1) is 35.7 Å². The van der Waals surface area contributed by atoms with Crippen molar-refractivity contribution in [3.8, 4) is 0 Å². The Balaban J connectivity index is 1.20. The van der Waals surface area contributed by atoms with Crippen molar-refractivity contribution in [3.63, 3.8) is 0 Å². The van der Waals surface area contributed by atoms with Crippen molar-refractivity contribution in [2.24, 2.45) is 0 Å². The van der Waals surface area contributed by atoms with Gasteiger partial charge in [-0.3, -0.25) is 15.0 Å². The third kappa shape index (κ3) is 4.51. The smallest absolute Gasteiger partial charge is 0.241 e. The number of carbonyl (C=O) groups is 1. The van der Waals surface area contributed by atoms with Crippen LogP contribution >= 0.6 is 35.1 Å². The van der Waals surface area contributed by atoms with E-state index in [9.17, 15) is 4.79 Å². The minimum Gasteiger partial charge on any atom is -0.468 e. The van der Waals surface area contributed by atoms with Crippen LogP contribution in [0.4, 0.5) is 11.4 Å². The maximum absolute atomic E-state index is 13.6. The topological polar surface area (TPSA) is 82.7 Å². The highest BCUT2D eigenvalue weighted by molar-refractivity contribution is 8.00. The van der Waals surface area contributed by atoms with E-state index in [-0.39, 0.29) is 29.2 Å². The van der Waals surface area contributed by atoms with E-state index in [1.54, 1.807) is 29.2 Å². The summed E-state index contributed by atoms with van der Waals surface area (Å²) < 4.78 is 11.3. The number of nitrogens with zero attached hydrogens (tertiary/aromatic N) is 1. The molecule has 3 N–H and O–H groups in total. The van der Waals surface area contributed by atoms with Gasteiger partial charge < -0.3 is 8.83 Å². The summed E-state index contributed by atoms with van der Waals surface area (Å²) in [6, 6.07) is 20.8. The van der Waals surface area contributed by atoms with Gasteiger partial charge in [0, 0.05) is 14.8 Å². The Kier molecular flexibility index (Phi) is 6.36. The fourth-order valence-electron chi connectivity index (χ4n) is 4.27. The van der Waals surface area contributed by atoms with E-state index in [1.807, 2.05) is 66.7 Å². The Morgan fingerprint density at radius 1 is 0.914 bits per heavy atom. The highest BCUT2D eigenvalue weighted by Gasteiger charge is 2.36. The molecule has 3 atom stereocenters. The van der Waals surface area contributed by atoms with Crippen molar-refractivity contribution < 1.29 is 13.6 Å². The molecule has 4 heterocycles. The summed E-state index contributed by atoms with van der Waals surface area (Å²) in [6.45, 7) is 0. The largest absolute Gasteiger partial charge is 0.468 e. The molecule has 6 rings (SSSR count). The number of hydrogen-bond acceptors (Lipinski definition) is 8. The van der Waals surface area contributed by atoms with Crippen molar-refractivity contribution in [2.75, 3.05) is 10.7 Å². The zero-order chi connectivity index (χ0) is 23.8. The standard InChI is InChI=1S/C25H21ClN4O3S2/c26-15-9-10-21-17(13-15)30(16-5-1-2-8-20(16)35-21)22(31)14-34-25-27-23(18-6-3-11-32-18)24(28-29-25)19-7-4-12-33-19/h1-13,23-25,27-29H,14H2. The monoisotopic (exact) mass is 524 g/mol. The van der Waals surface area contributed by atoms with Crippen LogP contribution in [-0.2, 0) is 4.79 Å². The summed E-state index contributed by atoms with van der Waals surface area (Å²) in [4.78, 5) is 17.4. The SMILES string of the molecule is O=C(CSC1NNC(c2ccco2)C(c2ccco2)N1)N1c2ccccc2Sc2ccc(Cl)cc21. The first-order chi connectivity index (χ1) is 17.2. The molecule has 1 amide bonds. The van der Waals surface area contributed by atoms with E-state index >= 15 is 0 Å². The van der Waals surface area contributed by atoms with E-state index in [2.05, 4.69) is 16.2 Å². The van der Waals surface area contributed by atoms with Crippen molar-refractivity contribution in [1.29, 1.82) is 0 Å². The first-order valence-electron chi connectivity index (χ1n) is 11.0. The fraction of sp³-hybridized carbons (Fsp3) is 0.160. The first-order valence-corrected chi connectivity index (χ1v) is 13.3. The van der Waals surface area contributed by atoms with Gasteiger partial charge in [-0.15, -0.1) is 11.8 Å². The van der Waals surface area contributed by atoms with Crippen molar-refractivity contribution >= 4 is 52.4 Å². The molecule has 35 heavy (non-hydrogen) atoms. The molecule has 2 aliphatic heterocycles. The van der Waals surface area contributed by atoms with E-state index in [0.717, 1.165) is 32.7 Å². The van der Waals surface area contributed by atoms with Gasteiger partial charge in [0.15, 0.2) is 0 Å². The molecule has 0 bridgehead atoms. The Morgan fingerprint density at radius 2 is 1.66 bits per heavy atom. The van der Waals surface area contributed by atoms with Gasteiger partial charge >= 0.3 is 0 Å². The number of halogens is 1. The number of nitrogens with one attached hydrogen (secondary N) is 3. The number of anilines is 2. The molecule has 4 aromatic rings. The van der Waals surface area contributed by atoms with E-state index < -0.39 is 0 Å². The molecule has 0 radical (unpaired) electrons. The molecule has 3 unspecified atom stereocenters. The number of hydrogen-bond donors (Lipinski definition) is 3. The predicted molar refractivity (Wildman–Crippen MR) is 138 cm³/mol. The Morgan fingerprint density at radius 3 is 2.43 bits per heavy atom. The first kappa shape index (κ1) is 22.8. The van der Waals surface area contributed by atoms with Gasteiger partial charge in [-0.1, -0.05) is 35.5 Å². The van der Waals surface area contributed by atoms with Gasteiger partial charge in [0.25, 0.3) is 0 Å². The summed E-state index contributed by atoms with van der Waals surface area (Å²) in [5.74, 6) is 1.77. The van der Waals surface area contributed by atoms with Crippen LogP contribution in [0.5, 0.6) is 0 Å². The highest BCUT2D eigenvalue weighted by Crippen LogP contribution is 2.49. The molecule has 0 aliphatic carbocycles. The van der Waals surface area contributed by atoms with Crippen molar-refractivity contribution in [2.45, 2.75) is 27.4 Å². The number of amides is 1. The summed E-state index contributed by atoms with van der Waals surface area (Å²) in [6.07, 6.45) is 3.30. The lowest BCUT2D eigenvalue weighted by atomic mass is 10.0. The number of furan rings is 2. The summed E-state index contributed by atoms with van der Waals surface area (Å²) in [7, 11) is 0. The zero-order valence-corrected chi connectivity index (χ0v) is 20.7. The molecule has 7 nitrogen and oxygen atoms in total. The van der Waals surface area contributed by atoms with E-state index in [0.29, 0.717) is 5.02 Å². The predicted octanol–water partition coefficient (Wildman–Crippen LogP) is 5.85. The van der Waals surface area contributed by atoms with Crippen LogP contribution < -0.4 is 21.1 Å². The number of para-hydroxylation sites is 1. The summed E-state index contributed by atoms with van der Waals surface area (Å²) in [5, 5.41) is 4.14. The van der Waals surface area contributed by atoms with E-state index in [1.165, 1.54) is 11.8 Å². The van der Waals surface area contributed by atoms with Gasteiger partial charge in [-0.2, -0.15) is 0 Å². The maximum Gasteiger partial charge on any atom is 0.241 e. The average Bonchev–Trinajstić information content (AvgIpc) is 3.61. The molecule has 2 aromatic heterocycles. The molecule has 10 heteroatoms. The lowest BCUT2D eigenvalue weighted by Crippen LogP contribution is -2.58. The molecular formula is C25H21ClN4O3S2. The lowest BCUT2D eigenvalue weighted by Gasteiger charge is -2.37. The third-order valence-corrected chi connectivity index (χ3v) is 8.21. The molecule has 0 spiro atoms. The van der Waals surface area contributed by atoms with Crippen LogP contribution in [0.3, 0.4) is 0 Å². The van der Waals surface area contributed by atoms with Crippen LogP contribution in [-0.4, -0.2) is 17.2 Å². The van der Waals surface area contributed by atoms with Crippen molar-refractivity contribution in [1.82, 2.24) is 16.2 Å². The molecule has 1 fully saturated rings. The minimum absolute atomic E-state index is 0.0300. The number of carbonyl (C=O) groups excluding carboxylic acids is 1. The Labute approximate surface area is 215 Å². The van der Waals surface area contributed by atoms with E-state index in [4.69, 9.17) is 20.4 Å².